The summed E-state index contributed by atoms with van der Waals surface area (Å²) < 4.78 is 43.3. The first-order valence-corrected chi connectivity index (χ1v) is 8.86. The minimum Gasteiger partial charge on any atom is -0.497 e. The van der Waals surface area contributed by atoms with Crippen LogP contribution in [0.3, 0.4) is 0 Å². The number of carbonyl (C=O) groups is 1. The van der Waals surface area contributed by atoms with Gasteiger partial charge in [0.05, 0.1) is 12.7 Å². The highest BCUT2D eigenvalue weighted by atomic mass is 127. The molecule has 0 saturated heterocycles. The maximum atomic E-state index is 12.8. The first-order chi connectivity index (χ1) is 13.8. The molecule has 2 aromatic carbocycles. The highest BCUT2D eigenvalue weighted by Crippen LogP contribution is 2.29. The molecule has 6 nitrogen and oxygen atoms in total. The zero-order valence-corrected chi connectivity index (χ0v) is 18.9. The van der Waals surface area contributed by atoms with Crippen molar-refractivity contribution >= 4 is 35.8 Å². The third-order valence-electron chi connectivity index (χ3n) is 3.99. The summed E-state index contributed by atoms with van der Waals surface area (Å²) in [6.45, 7) is 0.918. The molecule has 164 valence electrons. The van der Waals surface area contributed by atoms with Gasteiger partial charge in [-0.15, -0.1) is 24.0 Å². The summed E-state index contributed by atoms with van der Waals surface area (Å²) in [5.74, 6) is 0.862. The summed E-state index contributed by atoms with van der Waals surface area (Å²) in [6, 6.07) is 11.8. The SMILES string of the molecule is CN=C(NCCNC(=O)c1ccc(OC)cc1)NCc1cccc(C(F)(F)F)c1.I. The van der Waals surface area contributed by atoms with Crippen LogP contribution in [0.4, 0.5) is 13.2 Å². The van der Waals surface area contributed by atoms with Gasteiger partial charge in [-0.2, -0.15) is 13.2 Å². The average Bonchev–Trinajstić information content (AvgIpc) is 2.72. The van der Waals surface area contributed by atoms with Gasteiger partial charge in [0.25, 0.3) is 5.91 Å². The van der Waals surface area contributed by atoms with E-state index in [4.69, 9.17) is 4.74 Å². The lowest BCUT2D eigenvalue weighted by molar-refractivity contribution is -0.137. The molecule has 2 rings (SSSR count). The molecule has 0 radical (unpaired) electrons. The Hall–Kier alpha value is -2.50. The van der Waals surface area contributed by atoms with E-state index in [2.05, 4.69) is 20.9 Å². The Morgan fingerprint density at radius 1 is 1.03 bits per heavy atom. The normalized spacial score (nSPS) is 11.3. The van der Waals surface area contributed by atoms with E-state index in [1.165, 1.54) is 6.07 Å². The van der Waals surface area contributed by atoms with E-state index in [0.717, 1.165) is 12.1 Å². The maximum absolute atomic E-state index is 12.8. The van der Waals surface area contributed by atoms with E-state index >= 15 is 0 Å². The lowest BCUT2D eigenvalue weighted by Crippen LogP contribution is -2.41. The maximum Gasteiger partial charge on any atom is 0.416 e. The molecule has 0 spiro atoms. The molecule has 0 fully saturated rings. The highest BCUT2D eigenvalue weighted by Gasteiger charge is 2.30. The topological polar surface area (TPSA) is 74.8 Å². The van der Waals surface area contributed by atoms with E-state index < -0.39 is 11.7 Å². The van der Waals surface area contributed by atoms with E-state index in [-0.39, 0.29) is 36.4 Å². The standard InChI is InChI=1S/C20H23F3N4O2.HI/c1-24-19(27-13-14-4-3-5-16(12-14)20(21,22)23)26-11-10-25-18(28)15-6-8-17(29-2)9-7-15;/h3-9,12H,10-11,13H2,1-2H3,(H,25,28)(H2,24,26,27);1H. The van der Waals surface area contributed by atoms with Crippen molar-refractivity contribution in [2.24, 2.45) is 4.99 Å². The van der Waals surface area contributed by atoms with Crippen LogP contribution in [0, 0.1) is 0 Å². The van der Waals surface area contributed by atoms with E-state index in [9.17, 15) is 18.0 Å². The van der Waals surface area contributed by atoms with Crippen molar-refractivity contribution in [3.05, 3.63) is 65.2 Å². The predicted octanol–water partition coefficient (Wildman–Crippen LogP) is 3.43. The summed E-state index contributed by atoms with van der Waals surface area (Å²) in [6.07, 6.45) is -4.38. The van der Waals surface area contributed by atoms with E-state index in [0.29, 0.717) is 35.9 Å². The molecule has 10 heteroatoms. The number of rotatable bonds is 7. The molecule has 1 amide bonds. The second-order valence-electron chi connectivity index (χ2n) is 6.04. The van der Waals surface area contributed by atoms with Gasteiger partial charge in [0.15, 0.2) is 5.96 Å². The lowest BCUT2D eigenvalue weighted by atomic mass is 10.1. The molecule has 0 atom stereocenters. The Balaban J connectivity index is 0.00000450. The van der Waals surface area contributed by atoms with Gasteiger partial charge >= 0.3 is 6.18 Å². The second kappa shape index (κ2) is 12.3. The number of amides is 1. The summed E-state index contributed by atoms with van der Waals surface area (Å²) in [4.78, 5) is 16.1. The van der Waals surface area contributed by atoms with Gasteiger partial charge in [-0.3, -0.25) is 9.79 Å². The number of hydrogen-bond acceptors (Lipinski definition) is 3. The van der Waals surface area contributed by atoms with Crippen LogP contribution in [0.15, 0.2) is 53.5 Å². The number of alkyl halides is 3. The predicted molar refractivity (Wildman–Crippen MR) is 120 cm³/mol. The van der Waals surface area contributed by atoms with Crippen molar-refractivity contribution in [2.75, 3.05) is 27.2 Å². The average molecular weight is 536 g/mol. The third-order valence-corrected chi connectivity index (χ3v) is 3.99. The molecule has 0 unspecified atom stereocenters. The number of halogens is 4. The highest BCUT2D eigenvalue weighted by molar-refractivity contribution is 14.0. The number of carbonyl (C=O) groups excluding carboxylic acids is 1. The fraction of sp³-hybridized carbons (Fsp3) is 0.300. The van der Waals surface area contributed by atoms with Crippen molar-refractivity contribution < 1.29 is 22.7 Å². The van der Waals surface area contributed by atoms with Gasteiger partial charge < -0.3 is 20.7 Å². The first kappa shape index (κ1) is 25.5. The molecule has 0 aliphatic carbocycles. The first-order valence-electron chi connectivity index (χ1n) is 8.86. The van der Waals surface area contributed by atoms with Crippen molar-refractivity contribution in [2.45, 2.75) is 12.7 Å². The van der Waals surface area contributed by atoms with E-state index in [1.54, 1.807) is 44.5 Å². The Kier molecular flexibility index (Phi) is 10.4. The van der Waals surface area contributed by atoms with Crippen molar-refractivity contribution in [1.29, 1.82) is 0 Å². The minimum absolute atomic E-state index is 0. The number of ether oxygens (including phenoxy) is 1. The molecule has 0 bridgehead atoms. The zero-order chi connectivity index (χ0) is 21.3. The summed E-state index contributed by atoms with van der Waals surface area (Å²) in [5.41, 5.74) is 0.300. The van der Waals surface area contributed by atoms with Gasteiger partial charge in [-0.1, -0.05) is 12.1 Å². The fourth-order valence-corrected chi connectivity index (χ4v) is 2.47. The monoisotopic (exact) mass is 536 g/mol. The number of nitrogens with zero attached hydrogens (tertiary/aromatic N) is 1. The van der Waals surface area contributed by atoms with Crippen LogP contribution < -0.4 is 20.7 Å². The number of benzene rings is 2. The van der Waals surface area contributed by atoms with Crippen LogP contribution in [0.25, 0.3) is 0 Å². The zero-order valence-electron chi connectivity index (χ0n) is 16.5. The molecule has 0 aromatic heterocycles. The summed E-state index contributed by atoms with van der Waals surface area (Å²) in [5, 5.41) is 8.70. The number of methoxy groups -OCH3 is 1. The molecule has 0 heterocycles. The van der Waals surface area contributed by atoms with Crippen molar-refractivity contribution in [1.82, 2.24) is 16.0 Å². The van der Waals surface area contributed by atoms with Gasteiger partial charge in [-0.25, -0.2) is 0 Å². The fourth-order valence-electron chi connectivity index (χ4n) is 2.47. The molecule has 0 saturated carbocycles. The molecule has 0 aliphatic rings. The minimum atomic E-state index is -4.38. The second-order valence-corrected chi connectivity index (χ2v) is 6.04. The number of hydrogen-bond donors (Lipinski definition) is 3. The number of aliphatic imine (C=N–C) groups is 1. The van der Waals surface area contributed by atoms with Crippen LogP contribution in [0.2, 0.25) is 0 Å². The van der Waals surface area contributed by atoms with Crippen LogP contribution in [0.1, 0.15) is 21.5 Å². The summed E-state index contributed by atoms with van der Waals surface area (Å²) in [7, 11) is 3.10. The van der Waals surface area contributed by atoms with Gasteiger partial charge in [0, 0.05) is 32.2 Å². The molecule has 2 aromatic rings. The van der Waals surface area contributed by atoms with Gasteiger partial charge in [0.1, 0.15) is 5.75 Å². The number of nitrogens with one attached hydrogen (secondary N) is 3. The van der Waals surface area contributed by atoms with Crippen molar-refractivity contribution in [3.8, 4) is 5.75 Å². The summed E-state index contributed by atoms with van der Waals surface area (Å²) >= 11 is 0. The van der Waals surface area contributed by atoms with Gasteiger partial charge in [-0.05, 0) is 42.0 Å². The molecule has 30 heavy (non-hydrogen) atoms. The molecule has 3 N–H and O–H groups in total. The molecule has 0 aliphatic heterocycles. The Morgan fingerprint density at radius 3 is 2.30 bits per heavy atom. The van der Waals surface area contributed by atoms with Gasteiger partial charge in [0.2, 0.25) is 0 Å². The molecular formula is C20H24F3IN4O2. The molecular weight excluding hydrogens is 512 g/mol. The lowest BCUT2D eigenvalue weighted by Gasteiger charge is -2.13. The van der Waals surface area contributed by atoms with Crippen molar-refractivity contribution in [3.63, 3.8) is 0 Å². The van der Waals surface area contributed by atoms with Crippen LogP contribution in [0.5, 0.6) is 5.75 Å². The largest absolute Gasteiger partial charge is 0.497 e. The Bertz CT molecular complexity index is 843. The van der Waals surface area contributed by atoms with Crippen LogP contribution in [-0.2, 0) is 12.7 Å². The van der Waals surface area contributed by atoms with Crippen LogP contribution >= 0.6 is 24.0 Å². The quantitative estimate of drug-likeness (QED) is 0.220. The third kappa shape index (κ3) is 8.09. The number of guanidine groups is 1. The Morgan fingerprint density at radius 2 is 1.70 bits per heavy atom. The Labute approximate surface area is 190 Å². The smallest absolute Gasteiger partial charge is 0.416 e. The van der Waals surface area contributed by atoms with Crippen LogP contribution in [-0.4, -0.2) is 39.1 Å². The van der Waals surface area contributed by atoms with E-state index in [1.807, 2.05) is 0 Å².